The molecule has 0 fully saturated rings. The number of ether oxygens (including phenoxy) is 1. The van der Waals surface area contributed by atoms with Gasteiger partial charge < -0.3 is 4.74 Å². The van der Waals surface area contributed by atoms with Gasteiger partial charge in [-0.25, -0.2) is 9.78 Å². The van der Waals surface area contributed by atoms with Gasteiger partial charge in [-0.3, -0.25) is 19.5 Å². The summed E-state index contributed by atoms with van der Waals surface area (Å²) in [4.78, 5) is 42.3. The Morgan fingerprint density at radius 1 is 1.36 bits per heavy atom. The number of rotatable bonds is 4. The molecule has 0 aliphatic heterocycles. The van der Waals surface area contributed by atoms with E-state index in [-0.39, 0.29) is 17.9 Å². The number of aryl methyl sites for hydroxylation is 2. The predicted octanol–water partition coefficient (Wildman–Crippen LogP) is 2.24. The fourth-order valence-corrected chi connectivity index (χ4v) is 4.92. The summed E-state index contributed by atoms with van der Waals surface area (Å²) in [7, 11) is 1.66. The lowest BCUT2D eigenvalue weighted by Crippen LogP contribution is -2.32. The van der Waals surface area contributed by atoms with Crippen LogP contribution in [-0.2, 0) is 29.4 Å². The molecule has 0 aromatic carbocycles. The van der Waals surface area contributed by atoms with E-state index in [1.165, 1.54) is 9.44 Å². The molecule has 0 radical (unpaired) electrons. The quantitative estimate of drug-likeness (QED) is 0.645. The first kappa shape index (κ1) is 17.9. The van der Waals surface area contributed by atoms with Crippen molar-refractivity contribution >= 4 is 45.3 Å². The zero-order valence-corrected chi connectivity index (χ0v) is 15.7. The number of carbonyl (C=O) groups excluding carboxylic acids is 2. The molecule has 0 unspecified atom stereocenters. The van der Waals surface area contributed by atoms with Crippen LogP contribution in [-0.4, -0.2) is 33.9 Å². The van der Waals surface area contributed by atoms with Crippen LogP contribution in [0.5, 0.6) is 0 Å². The third kappa shape index (κ3) is 3.72. The molecule has 0 saturated heterocycles. The van der Waals surface area contributed by atoms with E-state index in [0.717, 1.165) is 53.2 Å². The van der Waals surface area contributed by atoms with Crippen molar-refractivity contribution < 1.29 is 14.3 Å². The lowest BCUT2D eigenvalue weighted by Gasteiger charge is -2.10. The maximum absolute atomic E-state index is 12.7. The minimum Gasteiger partial charge on any atom is -0.450 e. The van der Waals surface area contributed by atoms with Crippen LogP contribution < -0.4 is 10.9 Å². The van der Waals surface area contributed by atoms with Crippen LogP contribution >= 0.6 is 23.1 Å². The van der Waals surface area contributed by atoms with E-state index in [4.69, 9.17) is 0 Å². The number of carbonyl (C=O) groups is 2. The van der Waals surface area contributed by atoms with E-state index in [0.29, 0.717) is 5.16 Å². The third-order valence-electron chi connectivity index (χ3n) is 4.00. The number of nitrogens with one attached hydrogen (secondary N) is 1. The van der Waals surface area contributed by atoms with E-state index in [1.807, 2.05) is 0 Å². The van der Waals surface area contributed by atoms with Gasteiger partial charge in [0, 0.05) is 11.9 Å². The summed E-state index contributed by atoms with van der Waals surface area (Å²) < 4.78 is 6.14. The topological polar surface area (TPSA) is 90.3 Å². The molecule has 0 atom stereocenters. The van der Waals surface area contributed by atoms with Crippen LogP contribution in [0, 0.1) is 0 Å². The third-order valence-corrected chi connectivity index (χ3v) is 6.22. The van der Waals surface area contributed by atoms with Gasteiger partial charge in [-0.15, -0.1) is 11.3 Å². The fourth-order valence-electron chi connectivity index (χ4n) is 2.84. The summed E-state index contributed by atoms with van der Waals surface area (Å²) in [6, 6.07) is 0. The summed E-state index contributed by atoms with van der Waals surface area (Å²) in [5.41, 5.74) is 1.08. The van der Waals surface area contributed by atoms with Gasteiger partial charge in [0.25, 0.3) is 5.56 Å². The molecule has 2 aromatic heterocycles. The van der Waals surface area contributed by atoms with Crippen molar-refractivity contribution in [3.05, 3.63) is 20.8 Å². The first-order valence-corrected chi connectivity index (χ1v) is 9.92. The summed E-state index contributed by atoms with van der Waals surface area (Å²) in [5.74, 6) is -0.501. The van der Waals surface area contributed by atoms with E-state index >= 15 is 0 Å². The first-order chi connectivity index (χ1) is 12.0. The second kappa shape index (κ2) is 7.57. The molecule has 1 aliphatic rings. The number of aromatic nitrogens is 2. The normalized spacial score (nSPS) is 13.5. The van der Waals surface area contributed by atoms with Gasteiger partial charge in [0.05, 0.1) is 17.7 Å². The number of nitrogens with zero attached hydrogens (tertiary/aromatic N) is 2. The van der Waals surface area contributed by atoms with Gasteiger partial charge in [-0.1, -0.05) is 11.8 Å². The van der Waals surface area contributed by atoms with Crippen LogP contribution in [0.4, 0.5) is 4.79 Å². The number of amides is 2. The zero-order valence-electron chi connectivity index (χ0n) is 14.1. The molecule has 25 heavy (non-hydrogen) atoms. The number of thiophene rings is 1. The maximum atomic E-state index is 12.7. The van der Waals surface area contributed by atoms with Crippen molar-refractivity contribution in [3.8, 4) is 0 Å². The summed E-state index contributed by atoms with van der Waals surface area (Å²) >= 11 is 2.70. The van der Waals surface area contributed by atoms with Gasteiger partial charge in [-0.2, -0.15) is 0 Å². The number of fused-ring (bicyclic) bond motifs is 3. The van der Waals surface area contributed by atoms with Crippen LogP contribution in [0.3, 0.4) is 0 Å². The Kier molecular flexibility index (Phi) is 5.43. The number of imide groups is 1. The lowest BCUT2D eigenvalue weighted by atomic mass is 9.97. The Balaban J connectivity index is 1.81. The highest BCUT2D eigenvalue weighted by atomic mass is 32.2. The standard InChI is InChI=1S/C16H19N3O4S2/c1-3-23-16(22)17-11(20)8-24-15-18-13-12(14(21)19(15)2)9-6-4-5-7-10(9)25-13/h3-8H2,1-2H3,(H,17,20,22). The Hall–Kier alpha value is -1.87. The molecule has 1 aliphatic carbocycles. The largest absolute Gasteiger partial charge is 0.450 e. The highest BCUT2D eigenvalue weighted by Crippen LogP contribution is 2.34. The smallest absolute Gasteiger partial charge is 0.413 e. The van der Waals surface area contributed by atoms with E-state index < -0.39 is 12.0 Å². The molecule has 1 N–H and O–H groups in total. The predicted molar refractivity (Wildman–Crippen MR) is 97.4 cm³/mol. The average Bonchev–Trinajstić information content (AvgIpc) is 2.95. The molecule has 2 aromatic rings. The molecule has 9 heteroatoms. The number of alkyl carbamates (subject to hydrolysis) is 1. The molecule has 2 amide bonds. The first-order valence-electron chi connectivity index (χ1n) is 8.12. The van der Waals surface area contributed by atoms with Gasteiger partial charge in [0.1, 0.15) is 4.83 Å². The van der Waals surface area contributed by atoms with Gasteiger partial charge in [0.15, 0.2) is 5.16 Å². The molecular weight excluding hydrogens is 362 g/mol. The molecule has 0 spiro atoms. The maximum Gasteiger partial charge on any atom is 0.413 e. The van der Waals surface area contributed by atoms with Crippen LogP contribution in [0.2, 0.25) is 0 Å². The van der Waals surface area contributed by atoms with E-state index in [2.05, 4.69) is 15.0 Å². The summed E-state index contributed by atoms with van der Waals surface area (Å²) in [6.45, 7) is 1.86. The van der Waals surface area contributed by atoms with Crippen molar-refractivity contribution in [1.82, 2.24) is 14.9 Å². The average molecular weight is 381 g/mol. The van der Waals surface area contributed by atoms with Crippen LogP contribution in [0.15, 0.2) is 9.95 Å². The Morgan fingerprint density at radius 2 is 2.12 bits per heavy atom. The van der Waals surface area contributed by atoms with E-state index in [1.54, 1.807) is 25.3 Å². The van der Waals surface area contributed by atoms with Crippen molar-refractivity contribution in [2.24, 2.45) is 7.05 Å². The minimum absolute atomic E-state index is 0.0182. The fraction of sp³-hybridized carbons (Fsp3) is 0.500. The van der Waals surface area contributed by atoms with Gasteiger partial charge in [0.2, 0.25) is 5.91 Å². The van der Waals surface area contributed by atoms with Crippen molar-refractivity contribution in [3.63, 3.8) is 0 Å². The molecular formula is C16H19N3O4S2. The van der Waals surface area contributed by atoms with Crippen molar-refractivity contribution in [2.75, 3.05) is 12.4 Å². The Morgan fingerprint density at radius 3 is 2.88 bits per heavy atom. The Labute approximate surface area is 152 Å². The summed E-state index contributed by atoms with van der Waals surface area (Å²) in [6.07, 6.45) is 3.42. The van der Waals surface area contributed by atoms with Crippen LogP contribution in [0.1, 0.15) is 30.2 Å². The second-order valence-corrected chi connectivity index (χ2v) is 7.73. The Bertz CT molecular complexity index is 888. The van der Waals surface area contributed by atoms with Gasteiger partial charge in [-0.05, 0) is 38.2 Å². The number of hydrogen-bond acceptors (Lipinski definition) is 7. The minimum atomic E-state index is -0.767. The highest BCUT2D eigenvalue weighted by Gasteiger charge is 2.21. The van der Waals surface area contributed by atoms with Crippen LogP contribution in [0.25, 0.3) is 10.2 Å². The SMILES string of the molecule is CCOC(=O)NC(=O)CSc1nc2sc3c(c2c(=O)n1C)CCCC3. The molecule has 134 valence electrons. The molecule has 0 saturated carbocycles. The zero-order chi connectivity index (χ0) is 18.0. The number of hydrogen-bond donors (Lipinski definition) is 1. The summed E-state index contributed by atoms with van der Waals surface area (Å²) in [5, 5.41) is 3.32. The number of thioether (sulfide) groups is 1. The van der Waals surface area contributed by atoms with Crippen molar-refractivity contribution in [2.45, 2.75) is 37.8 Å². The lowest BCUT2D eigenvalue weighted by molar-refractivity contribution is -0.117. The highest BCUT2D eigenvalue weighted by molar-refractivity contribution is 7.99. The van der Waals surface area contributed by atoms with Crippen molar-refractivity contribution in [1.29, 1.82) is 0 Å². The molecule has 2 heterocycles. The van der Waals surface area contributed by atoms with E-state index in [9.17, 15) is 14.4 Å². The molecule has 3 rings (SSSR count). The molecule has 7 nitrogen and oxygen atoms in total. The molecule has 0 bridgehead atoms. The van der Waals surface area contributed by atoms with Gasteiger partial charge >= 0.3 is 6.09 Å². The second-order valence-electron chi connectivity index (χ2n) is 5.71. The monoisotopic (exact) mass is 381 g/mol.